The molecular formula is C34H45NO11. The molecule has 1 unspecified atom stereocenters. The van der Waals surface area contributed by atoms with Crippen LogP contribution in [0.2, 0.25) is 0 Å². The number of Topliss-reactive ketones (excluding diaryl/α,β-unsaturated/α-hetero) is 1. The van der Waals surface area contributed by atoms with Gasteiger partial charge in [0.2, 0.25) is 0 Å². The number of nitrogens with zero attached hydrogens (tertiary/aromatic N) is 1. The molecule has 1 heterocycles. The molecule has 6 aliphatic rings. The van der Waals surface area contributed by atoms with Gasteiger partial charge in [-0.05, 0) is 31.0 Å². The maximum absolute atomic E-state index is 14.4. The number of hydrogen-bond donors (Lipinski definition) is 2. The SMILES string of the molecule is CCN1C[C@]2(COC)C(=O)C[C@H](OC)[C@]34C1[C@H]([C@H](OC)[C@H]23)[C@]1(OC(C)=O)[C@H]2[C@@H](OC(=O)c3ccccc3)[C@](O)(C[C@H]24)[C@@H](OC)[C@@H]1O. The standard InChI is InChI=1S/C34H45NO11/c1-7-35-15-31(16-41-3)20(37)13-21(42-4)33-19-14-32(40)28(45-30(39)18-11-9-8-10-12-18)22(19)34(46-17(2)36,27(38)29(32)44-6)23(26(33)35)24(43-5)25(31)33/h8-12,19,21-29,38,40H,7,13-16H2,1-6H3/t19-,21+,22-,23+,24+,25-,26?,27+,28-,29+,31+,32-,33+,34-/m1/s1. The molecule has 7 bridgehead atoms. The van der Waals surface area contributed by atoms with Crippen molar-refractivity contribution in [2.24, 2.45) is 34.5 Å². The van der Waals surface area contributed by atoms with Crippen molar-refractivity contribution in [1.82, 2.24) is 4.90 Å². The number of fused-ring (bicyclic) bond motifs is 2. The Balaban J connectivity index is 1.53. The molecule has 12 heteroatoms. The summed E-state index contributed by atoms with van der Waals surface area (Å²) in [6.45, 7) is 4.39. The number of methoxy groups -OCH3 is 4. The van der Waals surface area contributed by atoms with Gasteiger partial charge in [-0.2, -0.15) is 0 Å². The Labute approximate surface area is 268 Å². The van der Waals surface area contributed by atoms with Gasteiger partial charge in [-0.3, -0.25) is 14.5 Å². The van der Waals surface area contributed by atoms with E-state index in [1.807, 2.05) is 6.92 Å². The van der Waals surface area contributed by atoms with Crippen LogP contribution in [0.25, 0.3) is 0 Å². The van der Waals surface area contributed by atoms with Gasteiger partial charge >= 0.3 is 11.9 Å². The van der Waals surface area contributed by atoms with E-state index >= 15 is 0 Å². The predicted molar refractivity (Wildman–Crippen MR) is 159 cm³/mol. The smallest absolute Gasteiger partial charge is 0.338 e. The van der Waals surface area contributed by atoms with Crippen molar-refractivity contribution >= 4 is 17.7 Å². The zero-order valence-corrected chi connectivity index (χ0v) is 27.2. The van der Waals surface area contributed by atoms with E-state index in [9.17, 15) is 24.6 Å². The summed E-state index contributed by atoms with van der Waals surface area (Å²) in [5.41, 5.74) is -5.11. The van der Waals surface area contributed by atoms with Crippen molar-refractivity contribution < 1.29 is 53.0 Å². The number of esters is 2. The number of rotatable bonds is 9. The number of benzene rings is 1. The monoisotopic (exact) mass is 643 g/mol. The number of aliphatic hydroxyl groups is 2. The molecule has 2 N–H and O–H groups in total. The molecule has 46 heavy (non-hydrogen) atoms. The normalized spacial score (nSPS) is 48.3. The lowest BCUT2D eigenvalue weighted by atomic mass is 9.42. The molecule has 1 saturated heterocycles. The Bertz CT molecular complexity index is 1410. The van der Waals surface area contributed by atoms with Crippen molar-refractivity contribution in [2.75, 3.05) is 48.1 Å². The Hall–Kier alpha value is -2.45. The van der Waals surface area contributed by atoms with Crippen LogP contribution in [0.15, 0.2) is 30.3 Å². The van der Waals surface area contributed by atoms with Gasteiger partial charge in [-0.1, -0.05) is 25.1 Å². The van der Waals surface area contributed by atoms with Gasteiger partial charge in [0.1, 0.15) is 29.7 Å². The number of aliphatic hydroxyl groups excluding tert-OH is 1. The van der Waals surface area contributed by atoms with Gasteiger partial charge in [0.25, 0.3) is 0 Å². The molecule has 7 rings (SSSR count). The van der Waals surface area contributed by atoms with E-state index in [1.54, 1.807) is 51.7 Å². The van der Waals surface area contributed by atoms with E-state index < -0.39 is 88.2 Å². The predicted octanol–water partition coefficient (Wildman–Crippen LogP) is 0.856. The van der Waals surface area contributed by atoms with Crippen LogP contribution in [0.5, 0.6) is 0 Å². The first-order valence-corrected chi connectivity index (χ1v) is 16.2. The molecule has 0 aromatic heterocycles. The average molecular weight is 644 g/mol. The highest BCUT2D eigenvalue weighted by molar-refractivity contribution is 5.90. The second-order valence-electron chi connectivity index (χ2n) is 14.2. The molecule has 0 radical (unpaired) electrons. The summed E-state index contributed by atoms with van der Waals surface area (Å²) < 4.78 is 37.2. The lowest BCUT2D eigenvalue weighted by Crippen LogP contribution is -2.81. The topological polar surface area (TPSA) is 150 Å². The lowest BCUT2D eigenvalue weighted by Gasteiger charge is -2.69. The third-order valence-corrected chi connectivity index (χ3v) is 12.9. The molecule has 252 valence electrons. The third kappa shape index (κ3) is 3.56. The zero-order valence-electron chi connectivity index (χ0n) is 27.2. The molecule has 1 aromatic carbocycles. The molecule has 1 aromatic rings. The Morgan fingerprint density at radius 2 is 1.74 bits per heavy atom. The van der Waals surface area contributed by atoms with Gasteiger partial charge < -0.3 is 38.6 Å². The number of piperidine rings is 1. The number of likely N-dealkylation sites (tertiary alicyclic amines) is 1. The van der Waals surface area contributed by atoms with Crippen molar-refractivity contribution in [3.8, 4) is 0 Å². The summed E-state index contributed by atoms with van der Waals surface area (Å²) in [5, 5.41) is 25.2. The summed E-state index contributed by atoms with van der Waals surface area (Å²) in [5.74, 6) is -3.88. The third-order valence-electron chi connectivity index (χ3n) is 12.9. The minimum atomic E-state index is -1.85. The number of ether oxygens (including phenoxy) is 6. The van der Waals surface area contributed by atoms with Crippen LogP contribution in [0.4, 0.5) is 0 Å². The molecule has 6 fully saturated rings. The van der Waals surface area contributed by atoms with Gasteiger partial charge in [0.15, 0.2) is 5.60 Å². The highest BCUT2D eigenvalue weighted by atomic mass is 16.6. The fourth-order valence-corrected chi connectivity index (χ4v) is 12.1. The van der Waals surface area contributed by atoms with Crippen molar-refractivity contribution in [2.45, 2.75) is 74.5 Å². The second kappa shape index (κ2) is 10.8. The fourth-order valence-electron chi connectivity index (χ4n) is 12.1. The van der Waals surface area contributed by atoms with Gasteiger partial charge in [-0.25, -0.2) is 4.79 Å². The summed E-state index contributed by atoms with van der Waals surface area (Å²) in [6.07, 6.45) is -5.12. The molecule has 1 aliphatic heterocycles. The van der Waals surface area contributed by atoms with Crippen LogP contribution in [0.1, 0.15) is 37.0 Å². The van der Waals surface area contributed by atoms with E-state index in [0.29, 0.717) is 18.7 Å². The summed E-state index contributed by atoms with van der Waals surface area (Å²) in [7, 11) is 6.14. The van der Waals surface area contributed by atoms with Crippen LogP contribution >= 0.6 is 0 Å². The number of carbonyl (C=O) groups is 3. The summed E-state index contributed by atoms with van der Waals surface area (Å²) in [6, 6.07) is 8.10. The quantitative estimate of drug-likeness (QED) is 0.368. The Morgan fingerprint density at radius 1 is 1.02 bits per heavy atom. The highest BCUT2D eigenvalue weighted by Crippen LogP contribution is 2.80. The highest BCUT2D eigenvalue weighted by Gasteiger charge is 2.92. The van der Waals surface area contributed by atoms with Crippen LogP contribution < -0.4 is 0 Å². The van der Waals surface area contributed by atoms with E-state index in [0.717, 1.165) is 0 Å². The number of carbonyl (C=O) groups excluding carboxylic acids is 3. The summed E-state index contributed by atoms with van der Waals surface area (Å²) in [4.78, 5) is 43.6. The van der Waals surface area contributed by atoms with Crippen LogP contribution in [0.3, 0.4) is 0 Å². The first-order valence-electron chi connectivity index (χ1n) is 16.2. The van der Waals surface area contributed by atoms with E-state index in [1.165, 1.54) is 14.0 Å². The minimum absolute atomic E-state index is 0.00523. The van der Waals surface area contributed by atoms with E-state index in [2.05, 4.69) is 4.90 Å². The molecule has 1 spiro atoms. The lowest BCUT2D eigenvalue weighted by molar-refractivity contribution is -0.315. The number of ketones is 1. The molecule has 5 aliphatic carbocycles. The molecule has 14 atom stereocenters. The Morgan fingerprint density at radius 3 is 2.33 bits per heavy atom. The van der Waals surface area contributed by atoms with Gasteiger partial charge in [0.05, 0.1) is 29.8 Å². The fraction of sp³-hybridized carbons (Fsp3) is 0.735. The van der Waals surface area contributed by atoms with Gasteiger partial charge in [-0.15, -0.1) is 0 Å². The van der Waals surface area contributed by atoms with E-state index in [4.69, 9.17) is 28.4 Å². The Kier molecular flexibility index (Phi) is 7.53. The largest absolute Gasteiger partial charge is 0.455 e. The van der Waals surface area contributed by atoms with Crippen LogP contribution in [0, 0.1) is 34.5 Å². The van der Waals surface area contributed by atoms with E-state index in [-0.39, 0.29) is 31.3 Å². The van der Waals surface area contributed by atoms with Crippen molar-refractivity contribution in [3.05, 3.63) is 35.9 Å². The van der Waals surface area contributed by atoms with Crippen LogP contribution in [-0.4, -0.2) is 129 Å². The van der Waals surface area contributed by atoms with Crippen molar-refractivity contribution in [1.29, 1.82) is 0 Å². The summed E-state index contributed by atoms with van der Waals surface area (Å²) >= 11 is 0. The molecule has 12 nitrogen and oxygen atoms in total. The molecule has 0 amide bonds. The maximum atomic E-state index is 14.4. The van der Waals surface area contributed by atoms with Gasteiger partial charge in [0, 0.05) is 77.5 Å². The average Bonchev–Trinajstić information content (AvgIpc) is 3.41. The minimum Gasteiger partial charge on any atom is -0.455 e. The van der Waals surface area contributed by atoms with Crippen molar-refractivity contribution in [3.63, 3.8) is 0 Å². The molecular weight excluding hydrogens is 598 g/mol. The first kappa shape index (κ1) is 32.1. The first-order chi connectivity index (χ1) is 22.0. The zero-order chi connectivity index (χ0) is 33.0. The maximum Gasteiger partial charge on any atom is 0.338 e. The second-order valence-corrected chi connectivity index (χ2v) is 14.2. The van der Waals surface area contributed by atoms with Crippen LogP contribution in [-0.2, 0) is 38.0 Å². The molecule has 5 saturated carbocycles. The number of hydrogen-bond acceptors (Lipinski definition) is 12.